The van der Waals surface area contributed by atoms with Crippen molar-refractivity contribution in [3.63, 3.8) is 0 Å². The first-order valence-corrected chi connectivity index (χ1v) is 5.60. The van der Waals surface area contributed by atoms with Crippen LogP contribution in [0.25, 0.3) is 0 Å². The van der Waals surface area contributed by atoms with E-state index in [1.54, 1.807) is 0 Å². The van der Waals surface area contributed by atoms with E-state index in [1.807, 2.05) is 11.8 Å². The predicted molar refractivity (Wildman–Crippen MR) is 54.0 cm³/mol. The van der Waals surface area contributed by atoms with Crippen LogP contribution in [0.15, 0.2) is 0 Å². The minimum atomic E-state index is 0.160. The van der Waals surface area contributed by atoms with Gasteiger partial charge in [0.05, 0.1) is 5.60 Å². The van der Waals surface area contributed by atoms with Crippen LogP contribution in [0.1, 0.15) is 26.7 Å². The minimum absolute atomic E-state index is 0.160. The summed E-state index contributed by atoms with van der Waals surface area (Å²) < 4.78 is 5.88. The van der Waals surface area contributed by atoms with Crippen LogP contribution < -0.4 is 0 Å². The van der Waals surface area contributed by atoms with Crippen molar-refractivity contribution in [1.82, 2.24) is 0 Å². The highest BCUT2D eigenvalue weighted by molar-refractivity contribution is 7.99. The first kappa shape index (κ1) is 9.46. The van der Waals surface area contributed by atoms with Crippen LogP contribution in [0, 0.1) is 0 Å². The van der Waals surface area contributed by atoms with Crippen LogP contribution in [-0.4, -0.2) is 31.0 Å². The van der Waals surface area contributed by atoms with Crippen molar-refractivity contribution in [2.75, 3.05) is 6.26 Å². The van der Waals surface area contributed by atoms with Crippen molar-refractivity contribution in [2.45, 2.75) is 43.5 Å². The lowest BCUT2D eigenvalue weighted by Gasteiger charge is -2.21. The second-order valence-electron chi connectivity index (χ2n) is 3.60. The molecule has 0 saturated carbocycles. The summed E-state index contributed by atoms with van der Waals surface area (Å²) in [5.41, 5.74) is 0.160. The van der Waals surface area contributed by atoms with Gasteiger partial charge >= 0.3 is 0 Å². The van der Waals surface area contributed by atoms with Gasteiger partial charge in [-0.15, -0.1) is 0 Å². The van der Waals surface area contributed by atoms with Crippen LogP contribution in [-0.2, 0) is 4.74 Å². The third-order valence-electron chi connectivity index (χ3n) is 2.68. The molecule has 1 nitrogen and oxygen atoms in total. The van der Waals surface area contributed by atoms with Gasteiger partial charge in [0.25, 0.3) is 0 Å². The predicted octanol–water partition coefficient (Wildman–Crippen LogP) is 1.27. The molecule has 0 aromatic heterocycles. The minimum Gasteiger partial charge on any atom is -0.380 e. The molecule has 1 rings (SSSR count). The topological polar surface area (TPSA) is 9.23 Å². The standard InChI is InChI=1S/C8H17BOS/c1-4-8(2)5-6(11-3)7(9)10-8/h6-7H,4-5,9H2,1-3H3/t6?,7?,8-/m0/s1. The highest BCUT2D eigenvalue weighted by atomic mass is 32.2. The lowest BCUT2D eigenvalue weighted by Crippen LogP contribution is -2.23. The summed E-state index contributed by atoms with van der Waals surface area (Å²) in [6, 6.07) is 0.440. The van der Waals surface area contributed by atoms with Crippen LogP contribution in [0.2, 0.25) is 0 Å². The van der Waals surface area contributed by atoms with Gasteiger partial charge in [0.2, 0.25) is 0 Å². The van der Waals surface area contributed by atoms with E-state index in [9.17, 15) is 0 Å². The van der Waals surface area contributed by atoms with Gasteiger partial charge < -0.3 is 4.74 Å². The van der Waals surface area contributed by atoms with Crippen LogP contribution in [0.5, 0.6) is 0 Å². The van der Waals surface area contributed by atoms with Gasteiger partial charge in [-0.2, -0.15) is 11.8 Å². The zero-order valence-electron chi connectivity index (χ0n) is 7.89. The van der Waals surface area contributed by atoms with Crippen molar-refractivity contribution < 1.29 is 4.74 Å². The fraction of sp³-hybridized carbons (Fsp3) is 1.00. The summed E-state index contributed by atoms with van der Waals surface area (Å²) in [6.07, 6.45) is 4.52. The fourth-order valence-electron chi connectivity index (χ4n) is 1.67. The molecular formula is C8H17BOS. The number of hydrogen-bond donors (Lipinski definition) is 0. The smallest absolute Gasteiger partial charge is 0.140 e. The highest BCUT2D eigenvalue weighted by Crippen LogP contribution is 2.36. The van der Waals surface area contributed by atoms with E-state index in [4.69, 9.17) is 4.74 Å². The second-order valence-corrected chi connectivity index (χ2v) is 4.68. The average molecular weight is 172 g/mol. The highest BCUT2D eigenvalue weighted by Gasteiger charge is 2.38. The average Bonchev–Trinajstić information content (AvgIpc) is 2.27. The van der Waals surface area contributed by atoms with Gasteiger partial charge in [0, 0.05) is 11.3 Å². The molecule has 1 saturated heterocycles. The number of hydrogen-bond acceptors (Lipinski definition) is 2. The van der Waals surface area contributed by atoms with Gasteiger partial charge in [-0.05, 0) is 26.0 Å². The molecule has 1 aliphatic heterocycles. The summed E-state index contributed by atoms with van der Waals surface area (Å²) in [5, 5.41) is 0.708. The van der Waals surface area contributed by atoms with Gasteiger partial charge in [-0.1, -0.05) is 6.92 Å². The van der Waals surface area contributed by atoms with Crippen LogP contribution in [0.3, 0.4) is 0 Å². The van der Waals surface area contributed by atoms with Crippen LogP contribution >= 0.6 is 11.8 Å². The quantitative estimate of drug-likeness (QED) is 0.580. The van der Waals surface area contributed by atoms with E-state index in [2.05, 4.69) is 27.9 Å². The van der Waals surface area contributed by atoms with Crippen molar-refractivity contribution in [1.29, 1.82) is 0 Å². The summed E-state index contributed by atoms with van der Waals surface area (Å²) in [7, 11) is 2.18. The lowest BCUT2D eigenvalue weighted by molar-refractivity contribution is 0.000778. The third kappa shape index (κ3) is 1.94. The SMILES string of the molecule is BC1O[C@@](C)(CC)CC1SC. The Bertz CT molecular complexity index is 142. The largest absolute Gasteiger partial charge is 0.380 e. The van der Waals surface area contributed by atoms with Crippen molar-refractivity contribution in [3.8, 4) is 0 Å². The first-order chi connectivity index (χ1) is 5.11. The fourth-order valence-corrected chi connectivity index (χ4v) is 2.63. The molecule has 3 atom stereocenters. The van der Waals surface area contributed by atoms with Gasteiger partial charge in [0.1, 0.15) is 7.85 Å². The van der Waals surface area contributed by atoms with E-state index >= 15 is 0 Å². The molecule has 2 unspecified atom stereocenters. The number of thioether (sulfide) groups is 1. The van der Waals surface area contributed by atoms with Gasteiger partial charge in [-0.3, -0.25) is 0 Å². The Morgan fingerprint density at radius 3 is 2.64 bits per heavy atom. The summed E-state index contributed by atoms with van der Waals surface area (Å²) in [6.45, 7) is 4.43. The van der Waals surface area contributed by atoms with Crippen LogP contribution in [0.4, 0.5) is 0 Å². The molecule has 0 bridgehead atoms. The molecule has 0 radical (unpaired) electrons. The van der Waals surface area contributed by atoms with E-state index in [0.717, 1.165) is 6.42 Å². The van der Waals surface area contributed by atoms with Gasteiger partial charge in [-0.25, -0.2) is 0 Å². The summed E-state index contributed by atoms with van der Waals surface area (Å²) >= 11 is 1.93. The molecule has 0 spiro atoms. The maximum atomic E-state index is 5.88. The number of rotatable bonds is 2. The Morgan fingerprint density at radius 1 is 1.73 bits per heavy atom. The monoisotopic (exact) mass is 172 g/mol. The molecular weight excluding hydrogens is 155 g/mol. The first-order valence-electron chi connectivity index (χ1n) is 4.32. The Labute approximate surface area is 74.7 Å². The van der Waals surface area contributed by atoms with E-state index in [1.165, 1.54) is 6.42 Å². The van der Waals surface area contributed by atoms with E-state index in [0.29, 0.717) is 11.3 Å². The van der Waals surface area contributed by atoms with Crippen molar-refractivity contribution in [3.05, 3.63) is 0 Å². The van der Waals surface area contributed by atoms with E-state index in [-0.39, 0.29) is 5.60 Å². The lowest BCUT2D eigenvalue weighted by atomic mass is 9.94. The molecule has 0 aromatic carbocycles. The Hall–Kier alpha value is 0.375. The van der Waals surface area contributed by atoms with Crippen molar-refractivity contribution in [2.24, 2.45) is 0 Å². The maximum Gasteiger partial charge on any atom is 0.140 e. The maximum absolute atomic E-state index is 5.88. The van der Waals surface area contributed by atoms with Crippen molar-refractivity contribution >= 4 is 19.6 Å². The molecule has 0 aromatic rings. The second kappa shape index (κ2) is 3.40. The van der Waals surface area contributed by atoms with Gasteiger partial charge in [0.15, 0.2) is 0 Å². The summed E-state index contributed by atoms with van der Waals surface area (Å²) in [4.78, 5) is 0. The molecule has 64 valence electrons. The molecule has 0 amide bonds. The zero-order chi connectivity index (χ0) is 8.48. The Balaban J connectivity index is 2.55. The summed E-state index contributed by atoms with van der Waals surface area (Å²) in [5.74, 6) is 0. The molecule has 11 heavy (non-hydrogen) atoms. The molecule has 3 heteroatoms. The molecule has 0 N–H and O–H groups in total. The van der Waals surface area contributed by atoms with E-state index < -0.39 is 0 Å². The molecule has 1 aliphatic rings. The normalized spacial score (nSPS) is 44.6. The third-order valence-corrected chi connectivity index (χ3v) is 3.83. The Kier molecular flexibility index (Phi) is 2.93. The number of ether oxygens (including phenoxy) is 1. The molecule has 1 heterocycles. The molecule has 1 fully saturated rings. The Morgan fingerprint density at radius 2 is 2.36 bits per heavy atom. The zero-order valence-corrected chi connectivity index (χ0v) is 8.70. The molecule has 0 aliphatic carbocycles.